The molecule has 0 aliphatic carbocycles. The van der Waals surface area contributed by atoms with Gasteiger partial charge in [0, 0.05) is 5.02 Å². The summed E-state index contributed by atoms with van der Waals surface area (Å²) in [6.07, 6.45) is 0. The number of nitrogens with one attached hydrogen (secondary N) is 1. The van der Waals surface area contributed by atoms with Crippen LogP contribution in [0.2, 0.25) is 15.2 Å². The number of hydrogen-bond donors (Lipinski definition) is 1. The van der Waals surface area contributed by atoms with Crippen molar-refractivity contribution in [1.82, 2.24) is 10.2 Å². The molecule has 1 N–H and O–H groups in total. The molecule has 0 atom stereocenters. The number of anilines is 1. The summed E-state index contributed by atoms with van der Waals surface area (Å²) in [6, 6.07) is 7.66. The second kappa shape index (κ2) is 5.52. The van der Waals surface area contributed by atoms with Gasteiger partial charge in [-0.25, -0.2) is 0 Å². The Bertz CT molecular complexity index is 587. The second-order valence-electron chi connectivity index (χ2n) is 3.32. The summed E-state index contributed by atoms with van der Waals surface area (Å²) in [5.41, 5.74) is 0.304. The molecule has 1 heterocycles. The summed E-state index contributed by atoms with van der Waals surface area (Å²) in [5.74, 6) is -0.108. The molecule has 0 spiro atoms. The Hall–Kier alpha value is -1.36. The summed E-state index contributed by atoms with van der Waals surface area (Å²) in [7, 11) is 0. The predicted octanol–water partition coefficient (Wildman–Crippen LogP) is 3.69. The number of carbonyl (C=O) groups is 1. The second-order valence-corrected chi connectivity index (χ2v) is 4.55. The van der Waals surface area contributed by atoms with Crippen molar-refractivity contribution in [2.75, 3.05) is 5.32 Å². The third kappa shape index (κ3) is 3.10. The molecule has 2 aromatic rings. The minimum Gasteiger partial charge on any atom is -0.305 e. The first-order valence-corrected chi connectivity index (χ1v) is 5.95. The van der Waals surface area contributed by atoms with Gasteiger partial charge in [0.15, 0.2) is 11.0 Å². The Labute approximate surface area is 118 Å². The Morgan fingerprint density at radius 3 is 2.44 bits per heavy atom. The normalized spacial score (nSPS) is 10.2. The Morgan fingerprint density at radius 2 is 1.83 bits per heavy atom. The zero-order valence-corrected chi connectivity index (χ0v) is 11.1. The van der Waals surface area contributed by atoms with Crippen LogP contribution in [0.15, 0.2) is 30.3 Å². The molecular weight excluding hydrogens is 296 g/mol. The van der Waals surface area contributed by atoms with Crippen LogP contribution in [-0.2, 0) is 0 Å². The van der Waals surface area contributed by atoms with Gasteiger partial charge in [0.25, 0.3) is 5.91 Å². The Morgan fingerprint density at radius 1 is 1.06 bits per heavy atom. The van der Waals surface area contributed by atoms with Crippen molar-refractivity contribution in [2.45, 2.75) is 0 Å². The Kier molecular flexibility index (Phi) is 4.01. The maximum Gasteiger partial charge on any atom is 0.258 e. The summed E-state index contributed by atoms with van der Waals surface area (Å²) >= 11 is 17.2. The van der Waals surface area contributed by atoms with Crippen LogP contribution in [0.25, 0.3) is 0 Å². The number of rotatable bonds is 2. The fourth-order valence-corrected chi connectivity index (χ4v) is 1.84. The molecule has 0 aliphatic rings. The molecular formula is C11H6Cl3N3O. The Balaban J connectivity index is 2.19. The minimum absolute atomic E-state index is 0.248. The molecule has 0 radical (unpaired) electrons. The molecule has 18 heavy (non-hydrogen) atoms. The molecule has 4 nitrogen and oxygen atoms in total. The molecule has 2 rings (SSSR count). The largest absolute Gasteiger partial charge is 0.305 e. The first-order chi connectivity index (χ1) is 8.56. The van der Waals surface area contributed by atoms with E-state index in [0.29, 0.717) is 10.6 Å². The van der Waals surface area contributed by atoms with Gasteiger partial charge in [0.2, 0.25) is 0 Å². The summed E-state index contributed by atoms with van der Waals surface area (Å²) in [4.78, 5) is 11.9. The quantitative estimate of drug-likeness (QED) is 0.920. The van der Waals surface area contributed by atoms with Gasteiger partial charge in [0.05, 0.1) is 10.6 Å². The fraction of sp³-hybridized carbons (Fsp3) is 0. The van der Waals surface area contributed by atoms with Gasteiger partial charge in [0.1, 0.15) is 0 Å². The topological polar surface area (TPSA) is 54.9 Å². The van der Waals surface area contributed by atoms with E-state index in [1.165, 1.54) is 24.3 Å². The zero-order valence-electron chi connectivity index (χ0n) is 8.82. The third-order valence-electron chi connectivity index (χ3n) is 2.05. The highest BCUT2D eigenvalue weighted by atomic mass is 35.5. The van der Waals surface area contributed by atoms with Gasteiger partial charge >= 0.3 is 0 Å². The number of aromatic nitrogens is 2. The molecule has 0 aliphatic heterocycles. The molecule has 0 unspecified atom stereocenters. The monoisotopic (exact) mass is 301 g/mol. The van der Waals surface area contributed by atoms with E-state index in [1.54, 1.807) is 6.07 Å². The number of halogens is 3. The van der Waals surface area contributed by atoms with E-state index in [-0.39, 0.29) is 16.0 Å². The van der Waals surface area contributed by atoms with Gasteiger partial charge in [-0.05, 0) is 30.3 Å². The van der Waals surface area contributed by atoms with E-state index in [0.717, 1.165) is 0 Å². The van der Waals surface area contributed by atoms with E-state index in [1.807, 2.05) is 0 Å². The van der Waals surface area contributed by atoms with Crippen molar-refractivity contribution < 1.29 is 4.79 Å². The highest BCUT2D eigenvalue weighted by Crippen LogP contribution is 2.21. The molecule has 0 fully saturated rings. The molecule has 0 saturated heterocycles. The van der Waals surface area contributed by atoms with E-state index in [4.69, 9.17) is 34.8 Å². The summed E-state index contributed by atoms with van der Waals surface area (Å²) in [5, 5.41) is 10.8. The van der Waals surface area contributed by atoms with Crippen LogP contribution in [0.4, 0.5) is 5.82 Å². The molecule has 0 saturated carbocycles. The standard InChI is InChI=1S/C11H6Cl3N3O/c12-6-1-2-7(8(13)5-6)11(18)15-10-4-3-9(14)16-17-10/h1-5H,(H,15,17,18). The number of carbonyl (C=O) groups excluding carboxylic acids is 1. The average molecular weight is 303 g/mol. The van der Waals surface area contributed by atoms with Crippen LogP contribution in [0.1, 0.15) is 10.4 Å². The lowest BCUT2D eigenvalue weighted by molar-refractivity contribution is 0.102. The number of nitrogens with zero attached hydrogens (tertiary/aromatic N) is 2. The van der Waals surface area contributed by atoms with Crippen LogP contribution < -0.4 is 5.32 Å². The van der Waals surface area contributed by atoms with Crippen molar-refractivity contribution in [3.05, 3.63) is 51.1 Å². The smallest absolute Gasteiger partial charge is 0.258 e. The molecule has 7 heteroatoms. The molecule has 1 amide bonds. The van der Waals surface area contributed by atoms with Crippen molar-refractivity contribution in [2.24, 2.45) is 0 Å². The summed E-state index contributed by atoms with van der Waals surface area (Å²) in [6.45, 7) is 0. The lowest BCUT2D eigenvalue weighted by Crippen LogP contribution is -2.13. The van der Waals surface area contributed by atoms with Gasteiger partial charge < -0.3 is 5.32 Å². The van der Waals surface area contributed by atoms with E-state index < -0.39 is 5.91 Å². The average Bonchev–Trinajstić information content (AvgIpc) is 2.32. The molecule has 0 bridgehead atoms. The first kappa shape index (κ1) is 13.1. The first-order valence-electron chi connectivity index (χ1n) is 4.82. The van der Waals surface area contributed by atoms with Crippen molar-refractivity contribution in [1.29, 1.82) is 0 Å². The van der Waals surface area contributed by atoms with E-state index >= 15 is 0 Å². The lowest BCUT2D eigenvalue weighted by atomic mass is 10.2. The maximum atomic E-state index is 11.9. The molecule has 1 aromatic heterocycles. The highest BCUT2D eigenvalue weighted by Gasteiger charge is 2.11. The van der Waals surface area contributed by atoms with Crippen LogP contribution >= 0.6 is 34.8 Å². The minimum atomic E-state index is -0.395. The van der Waals surface area contributed by atoms with Crippen LogP contribution in [0, 0.1) is 0 Å². The van der Waals surface area contributed by atoms with E-state index in [2.05, 4.69) is 15.5 Å². The van der Waals surface area contributed by atoms with Gasteiger partial charge in [-0.15, -0.1) is 10.2 Å². The van der Waals surface area contributed by atoms with Crippen LogP contribution in [-0.4, -0.2) is 16.1 Å². The number of hydrogen-bond acceptors (Lipinski definition) is 3. The van der Waals surface area contributed by atoms with Crippen LogP contribution in [0.3, 0.4) is 0 Å². The maximum absolute atomic E-state index is 11.9. The predicted molar refractivity (Wildman–Crippen MR) is 71.5 cm³/mol. The van der Waals surface area contributed by atoms with E-state index in [9.17, 15) is 4.79 Å². The van der Waals surface area contributed by atoms with Crippen LogP contribution in [0.5, 0.6) is 0 Å². The van der Waals surface area contributed by atoms with Crippen molar-refractivity contribution in [3.63, 3.8) is 0 Å². The lowest BCUT2D eigenvalue weighted by Gasteiger charge is -2.05. The van der Waals surface area contributed by atoms with Gasteiger partial charge in [-0.3, -0.25) is 4.79 Å². The van der Waals surface area contributed by atoms with Gasteiger partial charge in [-0.2, -0.15) is 0 Å². The molecule has 1 aromatic carbocycles. The molecule has 92 valence electrons. The third-order valence-corrected chi connectivity index (χ3v) is 2.80. The fourth-order valence-electron chi connectivity index (χ4n) is 1.24. The zero-order chi connectivity index (χ0) is 13.1. The highest BCUT2D eigenvalue weighted by molar-refractivity contribution is 6.37. The summed E-state index contributed by atoms with van der Waals surface area (Å²) < 4.78 is 0. The van der Waals surface area contributed by atoms with Crippen molar-refractivity contribution >= 4 is 46.5 Å². The number of amides is 1. The van der Waals surface area contributed by atoms with Crippen molar-refractivity contribution in [3.8, 4) is 0 Å². The van der Waals surface area contributed by atoms with Gasteiger partial charge in [-0.1, -0.05) is 34.8 Å². The number of benzene rings is 1. The SMILES string of the molecule is O=C(Nc1ccc(Cl)nn1)c1ccc(Cl)cc1Cl.